The van der Waals surface area contributed by atoms with E-state index in [1.54, 1.807) is 0 Å². The van der Waals surface area contributed by atoms with Crippen LogP contribution < -0.4 is 0 Å². The van der Waals surface area contributed by atoms with Crippen molar-refractivity contribution >= 4 is 7.82 Å². The number of rotatable bonds is 3. The van der Waals surface area contributed by atoms with Crippen molar-refractivity contribution < 1.29 is 38.9 Å². The maximum absolute atomic E-state index is 10.3. The van der Waals surface area contributed by atoms with Gasteiger partial charge >= 0.3 is 7.82 Å². The molecule has 0 saturated carbocycles. The van der Waals surface area contributed by atoms with Gasteiger partial charge < -0.3 is 29.8 Å². The van der Waals surface area contributed by atoms with E-state index in [-0.39, 0.29) is 0 Å². The van der Waals surface area contributed by atoms with E-state index in [0.717, 1.165) is 0 Å². The topological polar surface area (TPSA) is 137 Å². The Bertz CT molecular complexity index is 238. The molecular weight excluding hydrogens is 219 g/mol. The zero-order chi connectivity index (χ0) is 10.9. The minimum Gasteiger partial charge on any atom is -0.387 e. The Kier molecular flexibility index (Phi) is 3.62. The van der Waals surface area contributed by atoms with Gasteiger partial charge in [0.15, 0.2) is 6.29 Å². The Morgan fingerprint density at radius 1 is 1.21 bits per heavy atom. The molecule has 2 unspecified atom stereocenters. The molecule has 1 aliphatic rings. The van der Waals surface area contributed by atoms with Gasteiger partial charge in [0.25, 0.3) is 0 Å². The molecular formula is C5H11O8P. The third kappa shape index (κ3) is 2.97. The summed E-state index contributed by atoms with van der Waals surface area (Å²) in [4.78, 5) is 16.6. The fourth-order valence-corrected chi connectivity index (χ4v) is 1.38. The maximum atomic E-state index is 10.3. The lowest BCUT2D eigenvalue weighted by molar-refractivity contribution is -0.132. The number of phosphoric ester groups is 1. The molecule has 0 radical (unpaired) electrons. The normalized spacial score (nSPS) is 38.9. The molecule has 0 bridgehead atoms. The van der Waals surface area contributed by atoms with E-state index >= 15 is 0 Å². The summed E-state index contributed by atoms with van der Waals surface area (Å²) in [5.74, 6) is 0. The first-order valence-corrected chi connectivity index (χ1v) is 5.24. The minimum atomic E-state index is -4.64. The van der Waals surface area contributed by atoms with Gasteiger partial charge in [-0.05, 0) is 0 Å². The first kappa shape index (κ1) is 12.0. The molecule has 9 heteroatoms. The van der Waals surface area contributed by atoms with Crippen molar-refractivity contribution in [2.45, 2.75) is 24.6 Å². The molecule has 0 aromatic carbocycles. The van der Waals surface area contributed by atoms with Crippen LogP contribution in [0.25, 0.3) is 0 Å². The van der Waals surface area contributed by atoms with Gasteiger partial charge in [0, 0.05) is 0 Å². The molecule has 0 aliphatic carbocycles. The Balaban J connectivity index is 2.44. The van der Waals surface area contributed by atoms with Crippen molar-refractivity contribution in [1.29, 1.82) is 0 Å². The lowest BCUT2D eigenvalue weighted by Gasteiger charge is -2.14. The number of ether oxygens (including phenoxy) is 1. The molecule has 1 saturated heterocycles. The van der Waals surface area contributed by atoms with Gasteiger partial charge in [0.1, 0.15) is 18.3 Å². The molecule has 14 heavy (non-hydrogen) atoms. The van der Waals surface area contributed by atoms with Crippen LogP contribution in [-0.4, -0.2) is 56.3 Å². The molecule has 1 heterocycles. The van der Waals surface area contributed by atoms with Crippen LogP contribution in [0.1, 0.15) is 0 Å². The van der Waals surface area contributed by atoms with E-state index in [1.807, 2.05) is 0 Å². The van der Waals surface area contributed by atoms with Gasteiger partial charge in [-0.3, -0.25) is 4.52 Å². The first-order chi connectivity index (χ1) is 6.31. The second-order valence-corrected chi connectivity index (χ2v) is 4.07. The molecule has 0 aromatic rings. The SMILES string of the molecule is O=P(O)(O)OCC1OC(O)[C@H](O)[C@@H]1O. The summed E-state index contributed by atoms with van der Waals surface area (Å²) in [5.41, 5.74) is 0. The fourth-order valence-electron chi connectivity index (χ4n) is 1.04. The van der Waals surface area contributed by atoms with Gasteiger partial charge in [-0.1, -0.05) is 0 Å². The summed E-state index contributed by atoms with van der Waals surface area (Å²) in [5, 5.41) is 27.0. The van der Waals surface area contributed by atoms with E-state index < -0.39 is 39.0 Å². The Hall–Kier alpha value is -0.0500. The van der Waals surface area contributed by atoms with Gasteiger partial charge in [-0.15, -0.1) is 0 Å². The van der Waals surface area contributed by atoms with Crippen LogP contribution in [0.2, 0.25) is 0 Å². The number of hydrogen-bond acceptors (Lipinski definition) is 6. The van der Waals surface area contributed by atoms with Crippen LogP contribution in [0, 0.1) is 0 Å². The highest BCUT2D eigenvalue weighted by molar-refractivity contribution is 7.46. The quantitative estimate of drug-likeness (QED) is 0.336. The molecule has 0 aromatic heterocycles. The average Bonchev–Trinajstić information content (AvgIpc) is 2.28. The van der Waals surface area contributed by atoms with E-state index in [0.29, 0.717) is 0 Å². The van der Waals surface area contributed by atoms with Crippen molar-refractivity contribution in [3.8, 4) is 0 Å². The second kappa shape index (κ2) is 4.21. The molecule has 4 atom stereocenters. The molecule has 1 rings (SSSR count). The monoisotopic (exact) mass is 230 g/mol. The molecule has 1 aliphatic heterocycles. The van der Waals surface area contributed by atoms with E-state index in [4.69, 9.17) is 25.1 Å². The van der Waals surface area contributed by atoms with Crippen molar-refractivity contribution in [1.82, 2.24) is 0 Å². The third-order valence-electron chi connectivity index (χ3n) is 1.74. The standard InChI is InChI=1S/C5H11O8P/c6-3-2(1-12-14(9,10)11)13-5(8)4(3)7/h2-8H,1H2,(H2,9,10,11)/t2?,3-,4-,5?/m1/s1. The smallest absolute Gasteiger partial charge is 0.387 e. The van der Waals surface area contributed by atoms with Crippen LogP contribution in [0.5, 0.6) is 0 Å². The maximum Gasteiger partial charge on any atom is 0.469 e. The first-order valence-electron chi connectivity index (χ1n) is 3.71. The Labute approximate surface area is 78.9 Å². The number of aliphatic hydroxyl groups is 3. The Morgan fingerprint density at radius 3 is 2.14 bits per heavy atom. The van der Waals surface area contributed by atoms with Crippen LogP contribution in [0.3, 0.4) is 0 Å². The summed E-state index contributed by atoms with van der Waals surface area (Å²) >= 11 is 0. The van der Waals surface area contributed by atoms with Gasteiger partial charge in [0.2, 0.25) is 0 Å². The number of hydrogen-bond donors (Lipinski definition) is 5. The van der Waals surface area contributed by atoms with Crippen LogP contribution in [0.4, 0.5) is 0 Å². The van der Waals surface area contributed by atoms with E-state index in [1.165, 1.54) is 0 Å². The zero-order valence-electron chi connectivity index (χ0n) is 6.92. The molecule has 84 valence electrons. The van der Waals surface area contributed by atoms with E-state index in [2.05, 4.69) is 9.26 Å². The summed E-state index contributed by atoms with van der Waals surface area (Å²) < 4.78 is 18.9. The number of phosphoric acid groups is 1. The van der Waals surface area contributed by atoms with Gasteiger partial charge in [-0.2, -0.15) is 0 Å². The van der Waals surface area contributed by atoms with Crippen molar-refractivity contribution in [2.75, 3.05) is 6.61 Å². The van der Waals surface area contributed by atoms with Crippen LogP contribution in [-0.2, 0) is 13.8 Å². The second-order valence-electron chi connectivity index (χ2n) is 2.83. The summed E-state index contributed by atoms with van der Waals surface area (Å²) in [6.45, 7) is -0.612. The Morgan fingerprint density at radius 2 is 1.79 bits per heavy atom. The number of aliphatic hydroxyl groups excluding tert-OH is 3. The fraction of sp³-hybridized carbons (Fsp3) is 1.00. The highest BCUT2D eigenvalue weighted by atomic mass is 31.2. The summed E-state index contributed by atoms with van der Waals surface area (Å²) in [6.07, 6.45) is -5.67. The van der Waals surface area contributed by atoms with Gasteiger partial charge in [0.05, 0.1) is 6.61 Å². The summed E-state index contributed by atoms with van der Waals surface area (Å²) in [6, 6.07) is 0. The zero-order valence-corrected chi connectivity index (χ0v) is 7.82. The van der Waals surface area contributed by atoms with Crippen molar-refractivity contribution in [3.63, 3.8) is 0 Å². The van der Waals surface area contributed by atoms with Crippen LogP contribution in [0.15, 0.2) is 0 Å². The van der Waals surface area contributed by atoms with E-state index in [9.17, 15) is 4.57 Å². The third-order valence-corrected chi connectivity index (χ3v) is 2.23. The minimum absolute atomic E-state index is 0.612. The lowest BCUT2D eigenvalue weighted by atomic mass is 10.1. The largest absolute Gasteiger partial charge is 0.469 e. The average molecular weight is 230 g/mol. The predicted molar refractivity (Wildman–Crippen MR) is 40.9 cm³/mol. The highest BCUT2D eigenvalue weighted by Gasteiger charge is 2.42. The summed E-state index contributed by atoms with van der Waals surface area (Å²) in [7, 11) is -4.64. The van der Waals surface area contributed by atoms with Gasteiger partial charge in [-0.25, -0.2) is 4.57 Å². The molecule has 0 amide bonds. The predicted octanol–water partition coefficient (Wildman–Crippen LogP) is -2.47. The highest BCUT2D eigenvalue weighted by Crippen LogP contribution is 2.36. The lowest BCUT2D eigenvalue weighted by Crippen LogP contribution is -2.34. The molecule has 5 N–H and O–H groups in total. The molecule has 8 nitrogen and oxygen atoms in total. The van der Waals surface area contributed by atoms with Crippen LogP contribution >= 0.6 is 7.82 Å². The van der Waals surface area contributed by atoms with Crippen molar-refractivity contribution in [2.24, 2.45) is 0 Å². The van der Waals surface area contributed by atoms with Crippen molar-refractivity contribution in [3.05, 3.63) is 0 Å². The molecule has 1 fully saturated rings. The molecule has 0 spiro atoms.